The van der Waals surface area contributed by atoms with Gasteiger partial charge in [-0.3, -0.25) is 0 Å². The van der Waals surface area contributed by atoms with E-state index in [9.17, 15) is 4.79 Å². The van der Waals surface area contributed by atoms with E-state index < -0.39 is 0 Å². The SMILES string of the molecule is CCOC(=O)/C(C)=C\c1ccc(CBr)o1. The fourth-order valence-electron chi connectivity index (χ4n) is 1.06. The standard InChI is InChI=1S/C11H13BrO3/c1-3-14-11(13)8(2)6-9-4-5-10(7-12)15-9/h4-6H,3,7H2,1-2H3/b8-6-. The third kappa shape index (κ3) is 3.55. The zero-order valence-electron chi connectivity index (χ0n) is 8.75. The van der Waals surface area contributed by atoms with Gasteiger partial charge in [0.2, 0.25) is 0 Å². The number of esters is 1. The first-order chi connectivity index (χ1) is 7.17. The molecule has 0 N–H and O–H groups in total. The van der Waals surface area contributed by atoms with Gasteiger partial charge >= 0.3 is 5.97 Å². The summed E-state index contributed by atoms with van der Waals surface area (Å²) in [5, 5.41) is 0.666. The highest BCUT2D eigenvalue weighted by molar-refractivity contribution is 9.08. The molecule has 0 saturated carbocycles. The summed E-state index contributed by atoms with van der Waals surface area (Å²) in [7, 11) is 0. The lowest BCUT2D eigenvalue weighted by Crippen LogP contribution is -2.04. The minimum Gasteiger partial charge on any atom is -0.463 e. The van der Waals surface area contributed by atoms with Gasteiger partial charge in [0.15, 0.2) is 0 Å². The van der Waals surface area contributed by atoms with Crippen LogP contribution in [0.25, 0.3) is 6.08 Å². The average Bonchev–Trinajstić information content (AvgIpc) is 2.66. The third-order valence-electron chi connectivity index (χ3n) is 1.77. The molecule has 0 atom stereocenters. The second kappa shape index (κ2) is 5.75. The predicted octanol–water partition coefficient (Wildman–Crippen LogP) is 3.14. The van der Waals surface area contributed by atoms with Gasteiger partial charge in [-0.2, -0.15) is 0 Å². The largest absolute Gasteiger partial charge is 0.463 e. The van der Waals surface area contributed by atoms with Crippen molar-refractivity contribution in [1.82, 2.24) is 0 Å². The van der Waals surface area contributed by atoms with Crippen molar-refractivity contribution in [3.05, 3.63) is 29.2 Å². The van der Waals surface area contributed by atoms with E-state index in [0.717, 1.165) is 5.76 Å². The van der Waals surface area contributed by atoms with Crippen molar-refractivity contribution in [3.8, 4) is 0 Å². The number of hydrogen-bond donors (Lipinski definition) is 0. The molecule has 1 aromatic heterocycles. The summed E-state index contributed by atoms with van der Waals surface area (Å²) in [5.74, 6) is 1.18. The molecule has 0 aliphatic carbocycles. The van der Waals surface area contributed by atoms with Crippen LogP contribution >= 0.6 is 15.9 Å². The van der Waals surface area contributed by atoms with E-state index in [2.05, 4.69) is 15.9 Å². The maximum absolute atomic E-state index is 11.3. The van der Waals surface area contributed by atoms with Gasteiger partial charge in [-0.15, -0.1) is 0 Å². The molecule has 1 heterocycles. The average molecular weight is 273 g/mol. The molecular formula is C11H13BrO3. The highest BCUT2D eigenvalue weighted by atomic mass is 79.9. The van der Waals surface area contributed by atoms with Crippen molar-refractivity contribution in [2.45, 2.75) is 19.2 Å². The van der Waals surface area contributed by atoms with E-state index in [1.54, 1.807) is 19.9 Å². The van der Waals surface area contributed by atoms with Gasteiger partial charge in [-0.1, -0.05) is 15.9 Å². The molecule has 0 aliphatic heterocycles. The zero-order valence-corrected chi connectivity index (χ0v) is 10.3. The minimum atomic E-state index is -0.311. The molecule has 82 valence electrons. The molecule has 0 bridgehead atoms. The van der Waals surface area contributed by atoms with Crippen molar-refractivity contribution >= 4 is 28.0 Å². The van der Waals surface area contributed by atoms with Gasteiger partial charge in [0.05, 0.1) is 11.9 Å². The predicted molar refractivity (Wildman–Crippen MR) is 61.6 cm³/mol. The molecule has 0 radical (unpaired) electrons. The lowest BCUT2D eigenvalue weighted by Gasteiger charge is -1.99. The van der Waals surface area contributed by atoms with E-state index in [4.69, 9.17) is 9.15 Å². The number of rotatable bonds is 4. The number of carbonyl (C=O) groups is 1. The van der Waals surface area contributed by atoms with E-state index in [-0.39, 0.29) is 5.97 Å². The van der Waals surface area contributed by atoms with Crippen LogP contribution in [0.4, 0.5) is 0 Å². The number of hydrogen-bond acceptors (Lipinski definition) is 3. The Balaban J connectivity index is 2.73. The first kappa shape index (κ1) is 12.0. The second-order valence-corrected chi connectivity index (χ2v) is 3.55. The van der Waals surface area contributed by atoms with Crippen LogP contribution in [0.3, 0.4) is 0 Å². The Labute approximate surface area is 97.2 Å². The van der Waals surface area contributed by atoms with Crippen molar-refractivity contribution in [2.24, 2.45) is 0 Å². The molecule has 0 fully saturated rings. The minimum absolute atomic E-state index is 0.311. The van der Waals surface area contributed by atoms with Crippen LogP contribution in [0.5, 0.6) is 0 Å². The van der Waals surface area contributed by atoms with E-state index in [1.807, 2.05) is 12.1 Å². The molecule has 0 aromatic carbocycles. The number of carbonyl (C=O) groups excluding carboxylic acids is 1. The van der Waals surface area contributed by atoms with Crippen LogP contribution in [-0.2, 0) is 14.9 Å². The zero-order chi connectivity index (χ0) is 11.3. The van der Waals surface area contributed by atoms with Crippen LogP contribution < -0.4 is 0 Å². The van der Waals surface area contributed by atoms with Gasteiger partial charge in [-0.05, 0) is 32.1 Å². The fourth-order valence-corrected chi connectivity index (χ4v) is 1.36. The summed E-state index contributed by atoms with van der Waals surface area (Å²) in [5.41, 5.74) is 0.535. The third-order valence-corrected chi connectivity index (χ3v) is 2.32. The summed E-state index contributed by atoms with van der Waals surface area (Å²) in [6.45, 7) is 3.87. The smallest absolute Gasteiger partial charge is 0.333 e. The lowest BCUT2D eigenvalue weighted by molar-refractivity contribution is -0.138. The number of furan rings is 1. The van der Waals surface area contributed by atoms with Crippen LogP contribution in [-0.4, -0.2) is 12.6 Å². The number of halogens is 1. The molecule has 15 heavy (non-hydrogen) atoms. The first-order valence-corrected chi connectivity index (χ1v) is 5.79. The summed E-state index contributed by atoms with van der Waals surface area (Å²) >= 11 is 3.28. The van der Waals surface area contributed by atoms with Crippen LogP contribution in [0.15, 0.2) is 22.1 Å². The Morgan fingerprint density at radius 3 is 2.87 bits per heavy atom. The summed E-state index contributed by atoms with van der Waals surface area (Å²) < 4.78 is 10.3. The Morgan fingerprint density at radius 1 is 1.60 bits per heavy atom. The molecule has 1 aromatic rings. The van der Waals surface area contributed by atoms with Gasteiger partial charge in [0.25, 0.3) is 0 Å². The molecule has 0 saturated heterocycles. The Bertz CT molecular complexity index is 366. The van der Waals surface area contributed by atoms with Gasteiger partial charge in [0, 0.05) is 5.57 Å². The fraction of sp³-hybridized carbons (Fsp3) is 0.364. The van der Waals surface area contributed by atoms with Crippen molar-refractivity contribution in [1.29, 1.82) is 0 Å². The molecule has 3 nitrogen and oxygen atoms in total. The normalized spacial score (nSPS) is 11.5. The molecule has 0 aliphatic rings. The quantitative estimate of drug-likeness (QED) is 0.480. The van der Waals surface area contributed by atoms with E-state index in [1.165, 1.54) is 0 Å². The van der Waals surface area contributed by atoms with Gasteiger partial charge in [0.1, 0.15) is 11.5 Å². The van der Waals surface area contributed by atoms with Crippen LogP contribution in [0.2, 0.25) is 0 Å². The van der Waals surface area contributed by atoms with Crippen LogP contribution in [0, 0.1) is 0 Å². The van der Waals surface area contributed by atoms with Gasteiger partial charge < -0.3 is 9.15 Å². The summed E-state index contributed by atoms with van der Waals surface area (Å²) in [6, 6.07) is 3.68. The summed E-state index contributed by atoms with van der Waals surface area (Å²) in [6.07, 6.45) is 1.67. The van der Waals surface area contributed by atoms with Crippen LogP contribution in [0.1, 0.15) is 25.4 Å². The first-order valence-electron chi connectivity index (χ1n) is 4.67. The monoisotopic (exact) mass is 272 g/mol. The Morgan fingerprint density at radius 2 is 2.33 bits per heavy atom. The molecule has 4 heteroatoms. The van der Waals surface area contributed by atoms with E-state index in [0.29, 0.717) is 23.3 Å². The second-order valence-electron chi connectivity index (χ2n) is 2.99. The van der Waals surface area contributed by atoms with Crippen molar-refractivity contribution in [2.75, 3.05) is 6.61 Å². The highest BCUT2D eigenvalue weighted by Gasteiger charge is 2.06. The Hall–Kier alpha value is -1.03. The molecular weight excluding hydrogens is 260 g/mol. The highest BCUT2D eigenvalue weighted by Crippen LogP contribution is 2.14. The molecule has 1 rings (SSSR count). The lowest BCUT2D eigenvalue weighted by atomic mass is 10.2. The number of alkyl halides is 1. The Kier molecular flexibility index (Phi) is 4.62. The molecule has 0 amide bonds. The van der Waals surface area contributed by atoms with Gasteiger partial charge in [-0.25, -0.2) is 4.79 Å². The molecule has 0 spiro atoms. The topological polar surface area (TPSA) is 39.4 Å². The molecule has 0 unspecified atom stereocenters. The number of ether oxygens (including phenoxy) is 1. The summed E-state index contributed by atoms with van der Waals surface area (Å²) in [4.78, 5) is 11.3. The van der Waals surface area contributed by atoms with Crippen molar-refractivity contribution in [3.63, 3.8) is 0 Å². The maximum atomic E-state index is 11.3. The van der Waals surface area contributed by atoms with Crippen molar-refractivity contribution < 1.29 is 13.9 Å². The maximum Gasteiger partial charge on any atom is 0.333 e. The van der Waals surface area contributed by atoms with E-state index >= 15 is 0 Å².